The molecule has 0 unspecified atom stereocenters. The molecule has 82 valence electrons. The maximum Gasteiger partial charge on any atom is 0.163 e. The molecule has 0 bridgehead atoms. The maximum atomic E-state index is 5.67. The first kappa shape index (κ1) is 10.6. The number of hydrogen-bond donors (Lipinski definition) is 0. The van der Waals surface area contributed by atoms with Gasteiger partial charge in [-0.15, -0.1) is 0 Å². The van der Waals surface area contributed by atoms with E-state index in [1.54, 1.807) is 12.4 Å². The second-order valence-corrected chi connectivity index (χ2v) is 3.86. The molecule has 0 fully saturated rings. The summed E-state index contributed by atoms with van der Waals surface area (Å²) >= 11 is 0. The number of aryl methyl sites for hydroxylation is 2. The van der Waals surface area contributed by atoms with Crippen molar-refractivity contribution in [3.63, 3.8) is 0 Å². The van der Waals surface area contributed by atoms with E-state index in [1.807, 2.05) is 12.1 Å². The molecule has 0 atom stereocenters. The molecule has 0 saturated heterocycles. The first-order valence-electron chi connectivity index (χ1n) is 5.17. The molecule has 2 aromatic rings. The van der Waals surface area contributed by atoms with Crippen LogP contribution in [0.25, 0.3) is 0 Å². The Balaban J connectivity index is 2.29. The summed E-state index contributed by atoms with van der Waals surface area (Å²) in [7, 11) is 0. The lowest BCUT2D eigenvalue weighted by atomic mass is 10.0. The minimum atomic E-state index is 0.658. The van der Waals surface area contributed by atoms with Gasteiger partial charge in [0, 0.05) is 0 Å². The van der Waals surface area contributed by atoms with Crippen LogP contribution in [0.15, 0.2) is 30.9 Å². The fourth-order valence-electron chi connectivity index (χ4n) is 1.53. The van der Waals surface area contributed by atoms with Crippen LogP contribution in [0.4, 0.5) is 0 Å². The van der Waals surface area contributed by atoms with Crippen LogP contribution in [0.1, 0.15) is 16.7 Å². The van der Waals surface area contributed by atoms with Crippen LogP contribution in [0.5, 0.6) is 11.5 Å². The Labute approximate surface area is 95.1 Å². The predicted molar refractivity (Wildman–Crippen MR) is 62.8 cm³/mol. The summed E-state index contributed by atoms with van der Waals surface area (Å²) in [5.74, 6) is 1.49. The van der Waals surface area contributed by atoms with E-state index in [1.165, 1.54) is 23.0 Å². The number of aromatic nitrogens is 2. The van der Waals surface area contributed by atoms with Crippen molar-refractivity contribution in [2.45, 2.75) is 20.8 Å². The van der Waals surface area contributed by atoms with Gasteiger partial charge in [-0.1, -0.05) is 0 Å². The van der Waals surface area contributed by atoms with Crippen molar-refractivity contribution in [3.8, 4) is 11.5 Å². The quantitative estimate of drug-likeness (QED) is 0.770. The maximum absolute atomic E-state index is 5.67. The average Bonchev–Trinajstić information content (AvgIpc) is 2.27. The predicted octanol–water partition coefficient (Wildman–Crippen LogP) is 3.19. The van der Waals surface area contributed by atoms with E-state index in [0.29, 0.717) is 5.75 Å². The zero-order valence-electron chi connectivity index (χ0n) is 9.69. The minimum Gasteiger partial charge on any atom is -0.454 e. The van der Waals surface area contributed by atoms with E-state index in [9.17, 15) is 0 Å². The largest absolute Gasteiger partial charge is 0.454 e. The van der Waals surface area contributed by atoms with Gasteiger partial charge in [-0.2, -0.15) is 0 Å². The summed E-state index contributed by atoms with van der Waals surface area (Å²) in [5, 5.41) is 0. The van der Waals surface area contributed by atoms with Gasteiger partial charge in [0.05, 0.1) is 12.4 Å². The first-order chi connectivity index (χ1) is 7.66. The van der Waals surface area contributed by atoms with Crippen LogP contribution in [0.3, 0.4) is 0 Å². The van der Waals surface area contributed by atoms with Crippen molar-refractivity contribution < 1.29 is 4.74 Å². The molecule has 0 saturated carbocycles. The fraction of sp³-hybridized carbons (Fsp3) is 0.231. The van der Waals surface area contributed by atoms with E-state index in [0.717, 1.165) is 5.75 Å². The molecule has 0 aliphatic rings. The van der Waals surface area contributed by atoms with E-state index in [2.05, 4.69) is 30.7 Å². The lowest BCUT2D eigenvalue weighted by Gasteiger charge is -2.09. The van der Waals surface area contributed by atoms with E-state index in [4.69, 9.17) is 4.74 Å². The molecular weight excluding hydrogens is 200 g/mol. The highest BCUT2D eigenvalue weighted by Gasteiger charge is 2.03. The molecular formula is C13H14N2O. The molecule has 2 rings (SSSR count). The normalized spacial score (nSPS) is 10.2. The van der Waals surface area contributed by atoms with Crippen LogP contribution in [-0.2, 0) is 0 Å². The monoisotopic (exact) mass is 214 g/mol. The van der Waals surface area contributed by atoms with Gasteiger partial charge in [0.2, 0.25) is 0 Å². The van der Waals surface area contributed by atoms with Gasteiger partial charge in [0.1, 0.15) is 12.1 Å². The van der Waals surface area contributed by atoms with Gasteiger partial charge in [-0.3, -0.25) is 0 Å². The molecule has 1 aromatic carbocycles. The highest BCUT2D eigenvalue weighted by atomic mass is 16.5. The highest BCUT2D eigenvalue weighted by Crippen LogP contribution is 2.24. The van der Waals surface area contributed by atoms with Gasteiger partial charge in [-0.05, 0) is 49.6 Å². The molecule has 0 amide bonds. The Bertz CT molecular complexity index is 472. The summed E-state index contributed by atoms with van der Waals surface area (Å²) in [6, 6.07) is 4.05. The summed E-state index contributed by atoms with van der Waals surface area (Å²) < 4.78 is 5.67. The lowest BCUT2D eigenvalue weighted by molar-refractivity contribution is 0.476. The standard InChI is InChI=1S/C13H14N2O/c1-9-4-12(5-10(2)11(9)3)16-13-6-14-8-15-7-13/h4-8H,1-3H3. The Hall–Kier alpha value is -1.90. The van der Waals surface area contributed by atoms with E-state index < -0.39 is 0 Å². The third-order valence-corrected chi connectivity index (χ3v) is 2.67. The van der Waals surface area contributed by atoms with Gasteiger partial charge in [0.15, 0.2) is 5.75 Å². The van der Waals surface area contributed by atoms with Crippen molar-refractivity contribution in [1.82, 2.24) is 9.97 Å². The van der Waals surface area contributed by atoms with Gasteiger partial charge in [0.25, 0.3) is 0 Å². The van der Waals surface area contributed by atoms with Crippen molar-refractivity contribution in [2.24, 2.45) is 0 Å². The Morgan fingerprint density at radius 1 is 0.875 bits per heavy atom. The topological polar surface area (TPSA) is 35.0 Å². The molecule has 3 heteroatoms. The molecule has 16 heavy (non-hydrogen) atoms. The number of hydrogen-bond acceptors (Lipinski definition) is 3. The molecule has 0 radical (unpaired) electrons. The molecule has 0 spiro atoms. The van der Waals surface area contributed by atoms with Crippen molar-refractivity contribution in [1.29, 1.82) is 0 Å². The minimum absolute atomic E-state index is 0.658. The smallest absolute Gasteiger partial charge is 0.163 e. The molecule has 3 nitrogen and oxygen atoms in total. The van der Waals surface area contributed by atoms with Crippen molar-refractivity contribution in [3.05, 3.63) is 47.5 Å². The highest BCUT2D eigenvalue weighted by molar-refractivity contribution is 5.41. The van der Waals surface area contributed by atoms with Crippen LogP contribution in [0.2, 0.25) is 0 Å². The average molecular weight is 214 g/mol. The summed E-state index contributed by atoms with van der Waals surface area (Å²) in [6.45, 7) is 6.27. The lowest BCUT2D eigenvalue weighted by Crippen LogP contribution is -1.91. The van der Waals surface area contributed by atoms with Crippen LogP contribution in [-0.4, -0.2) is 9.97 Å². The summed E-state index contributed by atoms with van der Waals surface area (Å²) in [5.41, 5.74) is 3.76. The zero-order chi connectivity index (χ0) is 11.5. The molecule has 0 aliphatic heterocycles. The Kier molecular flexibility index (Phi) is 2.86. The number of rotatable bonds is 2. The second kappa shape index (κ2) is 4.31. The van der Waals surface area contributed by atoms with Gasteiger partial charge < -0.3 is 4.74 Å². The Morgan fingerprint density at radius 3 is 2.00 bits per heavy atom. The summed E-state index contributed by atoms with van der Waals surface area (Å²) in [4.78, 5) is 7.81. The zero-order valence-corrected chi connectivity index (χ0v) is 9.69. The van der Waals surface area contributed by atoms with Crippen LogP contribution < -0.4 is 4.74 Å². The molecule has 0 aliphatic carbocycles. The third kappa shape index (κ3) is 2.19. The number of benzene rings is 1. The SMILES string of the molecule is Cc1cc(Oc2cncnc2)cc(C)c1C. The van der Waals surface area contributed by atoms with Crippen molar-refractivity contribution in [2.75, 3.05) is 0 Å². The van der Waals surface area contributed by atoms with Crippen LogP contribution >= 0.6 is 0 Å². The number of nitrogens with zero attached hydrogens (tertiary/aromatic N) is 2. The van der Waals surface area contributed by atoms with Crippen molar-refractivity contribution >= 4 is 0 Å². The van der Waals surface area contributed by atoms with Crippen LogP contribution in [0, 0.1) is 20.8 Å². The molecule has 0 N–H and O–H groups in total. The molecule has 1 aromatic heterocycles. The fourth-order valence-corrected chi connectivity index (χ4v) is 1.53. The summed E-state index contributed by atoms with van der Waals surface area (Å²) in [6.07, 6.45) is 4.79. The first-order valence-corrected chi connectivity index (χ1v) is 5.17. The second-order valence-electron chi connectivity index (χ2n) is 3.86. The Morgan fingerprint density at radius 2 is 1.44 bits per heavy atom. The van der Waals surface area contributed by atoms with E-state index in [-0.39, 0.29) is 0 Å². The third-order valence-electron chi connectivity index (χ3n) is 2.67. The van der Waals surface area contributed by atoms with Gasteiger partial charge >= 0.3 is 0 Å². The van der Waals surface area contributed by atoms with E-state index >= 15 is 0 Å². The van der Waals surface area contributed by atoms with Gasteiger partial charge in [-0.25, -0.2) is 9.97 Å². The number of ether oxygens (including phenoxy) is 1. The molecule has 1 heterocycles.